The molecule has 1 aliphatic carbocycles. The predicted molar refractivity (Wildman–Crippen MR) is 67.4 cm³/mol. The lowest BCUT2D eigenvalue weighted by Crippen LogP contribution is -2.47. The van der Waals surface area contributed by atoms with E-state index in [4.69, 9.17) is 5.11 Å². The monoisotopic (exact) mass is 271 g/mol. The zero-order chi connectivity index (χ0) is 13.1. The highest BCUT2D eigenvalue weighted by molar-refractivity contribution is 7.85. The second kappa shape index (κ2) is 5.65. The summed E-state index contributed by atoms with van der Waals surface area (Å²) in [7, 11) is -0.824. The van der Waals surface area contributed by atoms with Crippen LogP contribution in [0, 0.1) is 11.8 Å². The maximum Gasteiger partial charge on any atom is 0.307 e. The number of hydrogen-bond acceptors (Lipinski definition) is 3. The van der Waals surface area contributed by atoms with Crippen LogP contribution in [-0.2, 0) is 20.4 Å². The first-order valence-corrected chi connectivity index (χ1v) is 7.60. The Morgan fingerprint density at radius 1 is 1.11 bits per heavy atom. The van der Waals surface area contributed by atoms with E-state index in [1.165, 1.54) is 0 Å². The molecule has 1 saturated heterocycles. The number of carbonyl (C=O) groups excluding carboxylic acids is 1. The number of nitrogens with zero attached hydrogens (tertiary/aromatic N) is 1. The first-order chi connectivity index (χ1) is 8.59. The van der Waals surface area contributed by atoms with Crippen LogP contribution in [0.5, 0.6) is 0 Å². The zero-order valence-electron chi connectivity index (χ0n) is 10.1. The standard InChI is InChI=1S/C12H17NO4S/c14-11(13-5-7-18(17)8-6-13)9-3-1-2-4-10(9)12(15)16/h1-2,9-10H,3-8H2,(H,15,16). The van der Waals surface area contributed by atoms with Crippen molar-refractivity contribution in [1.29, 1.82) is 0 Å². The minimum atomic E-state index is -0.904. The van der Waals surface area contributed by atoms with Crippen molar-refractivity contribution in [2.45, 2.75) is 12.8 Å². The number of carboxylic acid groups (broad SMARTS) is 1. The third kappa shape index (κ3) is 2.80. The van der Waals surface area contributed by atoms with Crippen molar-refractivity contribution in [1.82, 2.24) is 4.90 Å². The van der Waals surface area contributed by atoms with Gasteiger partial charge in [0.15, 0.2) is 0 Å². The molecule has 1 heterocycles. The first kappa shape index (κ1) is 13.3. The highest BCUT2D eigenvalue weighted by atomic mass is 32.2. The second-order valence-electron chi connectivity index (χ2n) is 4.67. The van der Waals surface area contributed by atoms with E-state index >= 15 is 0 Å². The van der Waals surface area contributed by atoms with Gasteiger partial charge < -0.3 is 10.0 Å². The SMILES string of the molecule is O=C(O)C1CC=CCC1C(=O)N1CCS(=O)CC1. The lowest BCUT2D eigenvalue weighted by Gasteiger charge is -2.32. The molecule has 2 unspecified atom stereocenters. The topological polar surface area (TPSA) is 74.7 Å². The van der Waals surface area contributed by atoms with Gasteiger partial charge in [-0.15, -0.1) is 0 Å². The lowest BCUT2D eigenvalue weighted by molar-refractivity contribution is -0.150. The normalized spacial score (nSPS) is 29.2. The Bertz CT molecular complexity index is 397. The van der Waals surface area contributed by atoms with E-state index in [0.29, 0.717) is 37.4 Å². The molecule has 2 rings (SSSR count). The van der Waals surface area contributed by atoms with E-state index < -0.39 is 28.6 Å². The fraction of sp³-hybridized carbons (Fsp3) is 0.667. The van der Waals surface area contributed by atoms with Crippen molar-refractivity contribution >= 4 is 22.7 Å². The van der Waals surface area contributed by atoms with Gasteiger partial charge in [0.25, 0.3) is 0 Å². The summed E-state index contributed by atoms with van der Waals surface area (Å²) in [5.74, 6) is -1.06. The highest BCUT2D eigenvalue weighted by Crippen LogP contribution is 2.28. The minimum Gasteiger partial charge on any atom is -0.481 e. The number of rotatable bonds is 2. The van der Waals surface area contributed by atoms with E-state index in [9.17, 15) is 13.8 Å². The molecule has 0 radical (unpaired) electrons. The van der Waals surface area contributed by atoms with Crippen LogP contribution in [0.2, 0.25) is 0 Å². The van der Waals surface area contributed by atoms with Crippen molar-refractivity contribution in [2.24, 2.45) is 11.8 Å². The molecular formula is C12H17NO4S. The van der Waals surface area contributed by atoms with Crippen LogP contribution in [-0.4, -0.2) is 50.7 Å². The van der Waals surface area contributed by atoms with Gasteiger partial charge in [-0.3, -0.25) is 13.8 Å². The number of carboxylic acids is 1. The van der Waals surface area contributed by atoms with Crippen LogP contribution in [0.3, 0.4) is 0 Å². The summed E-state index contributed by atoms with van der Waals surface area (Å²) in [6, 6.07) is 0. The summed E-state index contributed by atoms with van der Waals surface area (Å²) in [5, 5.41) is 9.14. The molecule has 0 aromatic rings. The number of amides is 1. The quantitative estimate of drug-likeness (QED) is 0.730. The highest BCUT2D eigenvalue weighted by Gasteiger charge is 2.36. The van der Waals surface area contributed by atoms with Crippen molar-refractivity contribution in [2.75, 3.05) is 24.6 Å². The molecule has 0 aromatic carbocycles. The van der Waals surface area contributed by atoms with Crippen LogP contribution < -0.4 is 0 Å². The molecule has 1 aliphatic heterocycles. The number of allylic oxidation sites excluding steroid dienone is 2. The van der Waals surface area contributed by atoms with Crippen molar-refractivity contribution < 1.29 is 18.9 Å². The van der Waals surface area contributed by atoms with Gasteiger partial charge in [-0.2, -0.15) is 0 Å². The van der Waals surface area contributed by atoms with Gasteiger partial charge >= 0.3 is 5.97 Å². The third-order valence-electron chi connectivity index (χ3n) is 3.56. The van der Waals surface area contributed by atoms with Crippen LogP contribution in [0.15, 0.2) is 12.2 Å². The molecule has 1 N–H and O–H groups in total. The van der Waals surface area contributed by atoms with Crippen molar-refractivity contribution in [3.63, 3.8) is 0 Å². The van der Waals surface area contributed by atoms with Crippen LogP contribution in [0.4, 0.5) is 0 Å². The minimum absolute atomic E-state index is 0.0940. The van der Waals surface area contributed by atoms with Crippen LogP contribution in [0.25, 0.3) is 0 Å². The molecule has 0 saturated carbocycles. The average Bonchev–Trinajstić information content (AvgIpc) is 2.39. The smallest absolute Gasteiger partial charge is 0.307 e. The molecule has 18 heavy (non-hydrogen) atoms. The number of carbonyl (C=O) groups is 2. The summed E-state index contributed by atoms with van der Waals surface area (Å²) >= 11 is 0. The van der Waals surface area contributed by atoms with Crippen molar-refractivity contribution in [3.8, 4) is 0 Å². The molecule has 1 amide bonds. The van der Waals surface area contributed by atoms with Gasteiger partial charge in [0.1, 0.15) is 0 Å². The average molecular weight is 271 g/mol. The summed E-state index contributed by atoms with van der Waals surface area (Å²) in [4.78, 5) is 25.1. The third-order valence-corrected chi connectivity index (χ3v) is 4.83. The zero-order valence-corrected chi connectivity index (χ0v) is 10.9. The maximum atomic E-state index is 12.3. The largest absolute Gasteiger partial charge is 0.481 e. The fourth-order valence-corrected chi connectivity index (χ4v) is 3.50. The fourth-order valence-electron chi connectivity index (χ4n) is 2.45. The Morgan fingerprint density at radius 2 is 1.67 bits per heavy atom. The summed E-state index contributed by atoms with van der Waals surface area (Å²) in [6.45, 7) is 0.968. The summed E-state index contributed by atoms with van der Waals surface area (Å²) in [5.41, 5.74) is 0. The molecule has 0 aromatic heterocycles. The van der Waals surface area contributed by atoms with Gasteiger partial charge in [-0.05, 0) is 12.8 Å². The second-order valence-corrected chi connectivity index (χ2v) is 6.36. The molecule has 100 valence electrons. The van der Waals surface area contributed by atoms with Crippen LogP contribution in [0.1, 0.15) is 12.8 Å². The molecule has 5 nitrogen and oxygen atoms in total. The lowest BCUT2D eigenvalue weighted by atomic mass is 9.82. The molecular weight excluding hydrogens is 254 g/mol. The molecule has 0 spiro atoms. The van der Waals surface area contributed by atoms with Gasteiger partial charge in [-0.1, -0.05) is 12.2 Å². The predicted octanol–water partition coefficient (Wildman–Crippen LogP) is 0.244. The van der Waals surface area contributed by atoms with E-state index in [0.717, 1.165) is 0 Å². The first-order valence-electron chi connectivity index (χ1n) is 6.11. The van der Waals surface area contributed by atoms with Crippen LogP contribution >= 0.6 is 0 Å². The molecule has 1 fully saturated rings. The number of hydrogen-bond donors (Lipinski definition) is 1. The summed E-state index contributed by atoms with van der Waals surface area (Å²) < 4.78 is 11.2. The van der Waals surface area contributed by atoms with Gasteiger partial charge in [0.2, 0.25) is 5.91 Å². The van der Waals surface area contributed by atoms with E-state index in [1.807, 2.05) is 12.2 Å². The van der Waals surface area contributed by atoms with E-state index in [2.05, 4.69) is 0 Å². The Labute approximate surface area is 108 Å². The van der Waals surface area contributed by atoms with Gasteiger partial charge in [0, 0.05) is 35.4 Å². The Hall–Kier alpha value is -1.17. The number of aliphatic carboxylic acids is 1. The molecule has 0 bridgehead atoms. The Balaban J connectivity index is 2.05. The van der Waals surface area contributed by atoms with Gasteiger partial charge in [0.05, 0.1) is 11.8 Å². The Kier molecular flexibility index (Phi) is 4.16. The van der Waals surface area contributed by atoms with E-state index in [1.54, 1.807) is 4.90 Å². The molecule has 2 atom stereocenters. The maximum absolute atomic E-state index is 12.3. The van der Waals surface area contributed by atoms with Gasteiger partial charge in [-0.25, -0.2) is 0 Å². The van der Waals surface area contributed by atoms with Crippen molar-refractivity contribution in [3.05, 3.63) is 12.2 Å². The van der Waals surface area contributed by atoms with E-state index in [-0.39, 0.29) is 5.91 Å². The molecule has 2 aliphatic rings. The Morgan fingerprint density at radius 3 is 2.22 bits per heavy atom. The molecule has 6 heteroatoms. The summed E-state index contributed by atoms with van der Waals surface area (Å²) in [6.07, 6.45) is 4.62.